The molecule has 31 heavy (non-hydrogen) atoms. The van der Waals surface area contributed by atoms with Gasteiger partial charge in [0.15, 0.2) is 11.5 Å². The van der Waals surface area contributed by atoms with Crippen molar-refractivity contribution in [1.29, 1.82) is 0 Å². The van der Waals surface area contributed by atoms with Gasteiger partial charge in [0.1, 0.15) is 0 Å². The fraction of sp³-hybridized carbons (Fsp3) is 0.318. The second kappa shape index (κ2) is 8.55. The maximum atomic E-state index is 12.5. The second-order valence-electron chi connectivity index (χ2n) is 7.44. The number of hydrogen-bond donors (Lipinski definition) is 1. The Balaban J connectivity index is 1.43. The summed E-state index contributed by atoms with van der Waals surface area (Å²) in [5.74, 6) is 0.987. The Morgan fingerprint density at radius 3 is 2.81 bits per heavy atom. The Morgan fingerprint density at radius 2 is 2.06 bits per heavy atom. The third kappa shape index (κ3) is 4.25. The number of nitrogens with zero attached hydrogens (tertiary/aromatic N) is 6. The van der Waals surface area contributed by atoms with E-state index in [1.165, 1.54) is 0 Å². The van der Waals surface area contributed by atoms with Gasteiger partial charge < -0.3 is 10.1 Å². The molecular formula is C22H25N7O2. The molecule has 1 N–H and O–H groups in total. The molecule has 0 bridgehead atoms. The van der Waals surface area contributed by atoms with Gasteiger partial charge in [0, 0.05) is 43.8 Å². The fourth-order valence-electron chi connectivity index (χ4n) is 3.75. The largest absolute Gasteiger partial charge is 0.479 e. The summed E-state index contributed by atoms with van der Waals surface area (Å²) in [6.45, 7) is 4.58. The van der Waals surface area contributed by atoms with Crippen molar-refractivity contribution in [2.75, 3.05) is 12.4 Å². The van der Waals surface area contributed by atoms with E-state index >= 15 is 0 Å². The van der Waals surface area contributed by atoms with Crippen molar-refractivity contribution in [2.24, 2.45) is 7.05 Å². The predicted octanol–water partition coefficient (Wildman–Crippen LogP) is 2.80. The standard InChI is InChI=1S/C22H25N7O2/c1-14-17(15(2)24-21-20(14)22(31-4)27-28(21)3)7-8-19(30)25-18-9-11-29(26-18)13-16-6-5-10-23-12-16/h5-6,9-12H,7-8,13H2,1-4H3,(H,25,26,30). The number of fused-ring (bicyclic) bond motifs is 1. The molecule has 9 heteroatoms. The number of methoxy groups -OCH3 is 1. The molecule has 4 aromatic heterocycles. The number of hydrogen-bond acceptors (Lipinski definition) is 6. The summed E-state index contributed by atoms with van der Waals surface area (Å²) in [6.07, 6.45) is 6.27. The average Bonchev–Trinajstić information content (AvgIpc) is 3.32. The van der Waals surface area contributed by atoms with Gasteiger partial charge in [-0.2, -0.15) is 5.10 Å². The molecule has 0 atom stereocenters. The monoisotopic (exact) mass is 419 g/mol. The number of aryl methyl sites for hydroxylation is 3. The lowest BCUT2D eigenvalue weighted by Crippen LogP contribution is -2.14. The molecule has 4 rings (SSSR count). The highest BCUT2D eigenvalue weighted by Gasteiger charge is 2.18. The number of carbonyl (C=O) groups is 1. The highest BCUT2D eigenvalue weighted by Crippen LogP contribution is 2.30. The number of amides is 1. The molecule has 0 spiro atoms. The maximum Gasteiger partial charge on any atom is 0.242 e. The van der Waals surface area contributed by atoms with Crippen molar-refractivity contribution in [2.45, 2.75) is 33.2 Å². The van der Waals surface area contributed by atoms with E-state index in [4.69, 9.17) is 4.74 Å². The lowest BCUT2D eigenvalue weighted by molar-refractivity contribution is -0.116. The van der Waals surface area contributed by atoms with Crippen LogP contribution in [0.5, 0.6) is 5.88 Å². The third-order valence-electron chi connectivity index (χ3n) is 5.29. The van der Waals surface area contributed by atoms with Crippen LogP contribution in [-0.4, -0.2) is 42.5 Å². The minimum atomic E-state index is -0.0938. The Labute approximate surface area is 180 Å². The van der Waals surface area contributed by atoms with Crippen molar-refractivity contribution in [3.8, 4) is 5.88 Å². The summed E-state index contributed by atoms with van der Waals surface area (Å²) >= 11 is 0. The van der Waals surface area contributed by atoms with Crippen LogP contribution in [0, 0.1) is 13.8 Å². The number of anilines is 1. The number of pyridine rings is 2. The molecule has 0 aliphatic rings. The minimum Gasteiger partial charge on any atom is -0.479 e. The third-order valence-corrected chi connectivity index (χ3v) is 5.29. The Bertz CT molecular complexity index is 1230. The fourth-order valence-corrected chi connectivity index (χ4v) is 3.75. The van der Waals surface area contributed by atoms with E-state index < -0.39 is 0 Å². The molecule has 0 aliphatic carbocycles. The van der Waals surface area contributed by atoms with Crippen molar-refractivity contribution in [3.63, 3.8) is 0 Å². The Morgan fingerprint density at radius 1 is 1.23 bits per heavy atom. The van der Waals surface area contributed by atoms with Crippen LogP contribution in [0.15, 0.2) is 36.8 Å². The number of nitrogens with one attached hydrogen (secondary N) is 1. The smallest absolute Gasteiger partial charge is 0.242 e. The first-order valence-electron chi connectivity index (χ1n) is 10.0. The zero-order chi connectivity index (χ0) is 22.0. The molecule has 160 valence electrons. The van der Waals surface area contributed by atoms with Crippen molar-refractivity contribution < 1.29 is 9.53 Å². The van der Waals surface area contributed by atoms with E-state index in [2.05, 4.69) is 25.5 Å². The van der Waals surface area contributed by atoms with Crippen molar-refractivity contribution in [3.05, 3.63) is 59.2 Å². The molecule has 4 aromatic rings. The van der Waals surface area contributed by atoms with Gasteiger partial charge in [0.25, 0.3) is 0 Å². The lowest BCUT2D eigenvalue weighted by atomic mass is 10.00. The molecular weight excluding hydrogens is 394 g/mol. The molecule has 0 aromatic carbocycles. The summed E-state index contributed by atoms with van der Waals surface area (Å²) in [6, 6.07) is 5.66. The number of aromatic nitrogens is 6. The molecule has 0 aliphatic heterocycles. The van der Waals surface area contributed by atoms with Crippen LogP contribution in [-0.2, 0) is 24.8 Å². The summed E-state index contributed by atoms with van der Waals surface area (Å²) in [5.41, 5.74) is 4.80. The molecule has 0 saturated carbocycles. The summed E-state index contributed by atoms with van der Waals surface area (Å²) < 4.78 is 8.89. The summed E-state index contributed by atoms with van der Waals surface area (Å²) in [4.78, 5) is 21.3. The zero-order valence-electron chi connectivity index (χ0n) is 18.1. The van der Waals surface area contributed by atoms with Gasteiger partial charge in [-0.05, 0) is 43.0 Å². The van der Waals surface area contributed by atoms with E-state index in [1.54, 1.807) is 34.9 Å². The second-order valence-corrected chi connectivity index (χ2v) is 7.44. The van der Waals surface area contributed by atoms with Crippen LogP contribution in [0.2, 0.25) is 0 Å². The molecule has 0 unspecified atom stereocenters. The van der Waals surface area contributed by atoms with Gasteiger partial charge in [-0.1, -0.05) is 6.07 Å². The Hall–Kier alpha value is -3.75. The molecule has 0 fully saturated rings. The van der Waals surface area contributed by atoms with Gasteiger partial charge in [-0.25, -0.2) is 9.67 Å². The van der Waals surface area contributed by atoms with Gasteiger partial charge in [-0.15, -0.1) is 5.10 Å². The van der Waals surface area contributed by atoms with E-state index in [-0.39, 0.29) is 5.91 Å². The van der Waals surface area contributed by atoms with Gasteiger partial charge >= 0.3 is 0 Å². The van der Waals surface area contributed by atoms with E-state index in [0.29, 0.717) is 31.1 Å². The molecule has 0 saturated heterocycles. The van der Waals surface area contributed by atoms with Crippen LogP contribution in [0.3, 0.4) is 0 Å². The average molecular weight is 419 g/mol. The molecule has 4 heterocycles. The normalized spacial score (nSPS) is 11.1. The summed E-state index contributed by atoms with van der Waals surface area (Å²) in [7, 11) is 3.44. The van der Waals surface area contributed by atoms with Gasteiger partial charge in [0.2, 0.25) is 11.8 Å². The first kappa shape index (κ1) is 20.5. The SMILES string of the molecule is COc1nn(C)c2nc(C)c(CCC(=O)Nc3ccn(Cc4cccnc4)n3)c(C)c12. The van der Waals surface area contributed by atoms with Gasteiger partial charge in [-0.3, -0.25) is 14.5 Å². The highest BCUT2D eigenvalue weighted by molar-refractivity contribution is 5.90. The van der Waals surface area contributed by atoms with Crippen LogP contribution < -0.4 is 10.1 Å². The minimum absolute atomic E-state index is 0.0938. The molecule has 9 nitrogen and oxygen atoms in total. The maximum absolute atomic E-state index is 12.5. The van der Waals surface area contributed by atoms with Crippen LogP contribution in [0.25, 0.3) is 11.0 Å². The quantitative estimate of drug-likeness (QED) is 0.494. The summed E-state index contributed by atoms with van der Waals surface area (Å²) in [5, 5.41) is 12.6. The van der Waals surface area contributed by atoms with Crippen LogP contribution in [0.4, 0.5) is 5.82 Å². The highest BCUT2D eigenvalue weighted by atomic mass is 16.5. The van der Waals surface area contributed by atoms with E-state index in [0.717, 1.165) is 33.4 Å². The zero-order valence-corrected chi connectivity index (χ0v) is 18.1. The van der Waals surface area contributed by atoms with E-state index in [9.17, 15) is 4.79 Å². The lowest BCUT2D eigenvalue weighted by Gasteiger charge is -2.11. The number of carbonyl (C=O) groups excluding carboxylic acids is 1. The molecule has 0 radical (unpaired) electrons. The van der Waals surface area contributed by atoms with E-state index in [1.807, 2.05) is 39.2 Å². The first-order valence-corrected chi connectivity index (χ1v) is 10.0. The van der Waals surface area contributed by atoms with Crippen LogP contribution >= 0.6 is 0 Å². The predicted molar refractivity (Wildman–Crippen MR) is 117 cm³/mol. The topological polar surface area (TPSA) is 99.8 Å². The number of rotatable bonds is 7. The first-order chi connectivity index (χ1) is 15.0. The molecule has 1 amide bonds. The van der Waals surface area contributed by atoms with Crippen molar-refractivity contribution in [1.82, 2.24) is 29.5 Å². The van der Waals surface area contributed by atoms with Crippen molar-refractivity contribution >= 4 is 22.8 Å². The van der Waals surface area contributed by atoms with Crippen LogP contribution in [0.1, 0.15) is 28.8 Å². The number of ether oxygens (including phenoxy) is 1. The Kier molecular flexibility index (Phi) is 5.66. The van der Waals surface area contributed by atoms with Gasteiger partial charge in [0.05, 0.1) is 19.0 Å².